The van der Waals surface area contributed by atoms with Crippen molar-refractivity contribution in [3.8, 4) is 45.4 Å². The Balaban J connectivity index is 0.00000348. The topological polar surface area (TPSA) is 44.9 Å². The van der Waals surface area contributed by atoms with E-state index >= 15 is 0 Å². The molecule has 0 aliphatic rings. The zero-order chi connectivity index (χ0) is 33.0. The molecule has 0 radical (unpaired) electrons. The molecule has 0 aliphatic heterocycles. The summed E-state index contributed by atoms with van der Waals surface area (Å²) in [6, 6.07) is 56.7. The van der Waals surface area contributed by atoms with Crippen molar-refractivity contribution in [3.63, 3.8) is 0 Å². The summed E-state index contributed by atoms with van der Waals surface area (Å²) in [7, 11) is 0. The first kappa shape index (κ1) is 31.2. The van der Waals surface area contributed by atoms with Gasteiger partial charge in [-0.1, -0.05) is 96.5 Å². The van der Waals surface area contributed by atoms with Crippen LogP contribution in [-0.2, 0) is 21.1 Å². The van der Waals surface area contributed by atoms with Crippen molar-refractivity contribution in [2.75, 3.05) is 0 Å². The molecule has 0 saturated heterocycles. The van der Waals surface area contributed by atoms with Crippen molar-refractivity contribution >= 4 is 53.3 Å². The molecule has 6 aromatic carbocycles. The monoisotopic (exact) mass is 853 g/mol. The average Bonchev–Trinajstić information content (AvgIpc) is 3.88. The molecule has 0 N–H and O–H groups in total. The van der Waals surface area contributed by atoms with Gasteiger partial charge in [-0.2, -0.15) is 17.2 Å². The Hall–Kier alpha value is -5.81. The fraction of sp³-hybridized carbons (Fsp3) is 0. The number of ether oxygens (including phenoxy) is 1. The SMILES string of the molecule is [Pt+2].[c-]1c(Oc2[c-]c3c(cc2)c2ccc4sc5ccccc5c4c2n3-c2ccccn2)cccc1-n1cc(-c2ccccc2)c(-c2ccccc2)n1. The average molecular weight is 854 g/mol. The van der Waals surface area contributed by atoms with Crippen LogP contribution >= 0.6 is 11.3 Å². The van der Waals surface area contributed by atoms with Gasteiger partial charge in [0.1, 0.15) is 11.5 Å². The van der Waals surface area contributed by atoms with E-state index < -0.39 is 0 Å². The summed E-state index contributed by atoms with van der Waals surface area (Å²) in [6.07, 6.45) is 3.90. The Bertz CT molecular complexity index is 2790. The Kier molecular flexibility index (Phi) is 7.84. The second-order valence-electron chi connectivity index (χ2n) is 12.1. The van der Waals surface area contributed by atoms with E-state index in [1.54, 1.807) is 0 Å². The number of nitrogens with zero attached hydrogens (tertiary/aromatic N) is 4. The van der Waals surface area contributed by atoms with E-state index in [1.165, 1.54) is 20.2 Å². The van der Waals surface area contributed by atoms with Crippen LogP contribution in [-0.4, -0.2) is 19.3 Å². The summed E-state index contributed by atoms with van der Waals surface area (Å²) in [6.45, 7) is 0. The van der Waals surface area contributed by atoms with Crippen LogP contribution in [0.4, 0.5) is 0 Å². The van der Waals surface area contributed by atoms with Crippen LogP contribution in [0.5, 0.6) is 11.5 Å². The maximum atomic E-state index is 6.50. The number of aromatic nitrogens is 4. The van der Waals surface area contributed by atoms with Crippen LogP contribution in [0.25, 0.3) is 75.9 Å². The first-order valence-corrected chi connectivity index (χ1v) is 17.2. The molecule has 10 aromatic rings. The van der Waals surface area contributed by atoms with Crippen LogP contribution in [0.2, 0.25) is 0 Å². The van der Waals surface area contributed by atoms with E-state index in [0.717, 1.165) is 55.7 Å². The van der Waals surface area contributed by atoms with E-state index in [9.17, 15) is 0 Å². The fourth-order valence-electron chi connectivity index (χ4n) is 6.88. The first-order valence-electron chi connectivity index (χ1n) is 16.4. The minimum absolute atomic E-state index is 0. The molecule has 51 heavy (non-hydrogen) atoms. The Morgan fingerprint density at radius 3 is 2.16 bits per heavy atom. The molecular formula is C44H26N4OPtS. The van der Waals surface area contributed by atoms with E-state index in [0.29, 0.717) is 11.5 Å². The van der Waals surface area contributed by atoms with Crippen LogP contribution < -0.4 is 4.74 Å². The quantitative estimate of drug-likeness (QED) is 0.157. The Morgan fingerprint density at radius 2 is 1.33 bits per heavy atom. The maximum absolute atomic E-state index is 6.50. The van der Waals surface area contributed by atoms with Gasteiger partial charge in [0.2, 0.25) is 0 Å². The van der Waals surface area contributed by atoms with Gasteiger partial charge in [-0.25, -0.2) is 4.98 Å². The third kappa shape index (κ3) is 5.36. The fourth-order valence-corrected chi connectivity index (χ4v) is 7.98. The van der Waals surface area contributed by atoms with E-state index in [-0.39, 0.29) is 21.1 Å². The predicted octanol–water partition coefficient (Wildman–Crippen LogP) is 11.5. The van der Waals surface area contributed by atoms with Crippen molar-refractivity contribution in [3.05, 3.63) is 170 Å². The van der Waals surface area contributed by atoms with Crippen molar-refractivity contribution in [2.24, 2.45) is 0 Å². The van der Waals surface area contributed by atoms with Gasteiger partial charge in [0.25, 0.3) is 0 Å². The van der Waals surface area contributed by atoms with Gasteiger partial charge in [-0.3, -0.25) is 4.68 Å². The number of thiophene rings is 1. The molecule has 4 aromatic heterocycles. The zero-order valence-electron chi connectivity index (χ0n) is 26.9. The number of fused-ring (bicyclic) bond motifs is 7. The second kappa shape index (κ2) is 12.8. The van der Waals surface area contributed by atoms with Crippen molar-refractivity contribution in [1.29, 1.82) is 0 Å². The molecule has 244 valence electrons. The van der Waals surface area contributed by atoms with Gasteiger partial charge >= 0.3 is 21.1 Å². The number of hydrogen-bond acceptors (Lipinski definition) is 4. The molecule has 0 unspecified atom stereocenters. The summed E-state index contributed by atoms with van der Waals surface area (Å²) in [4.78, 5) is 4.79. The second-order valence-corrected chi connectivity index (χ2v) is 13.2. The number of hydrogen-bond donors (Lipinski definition) is 0. The summed E-state index contributed by atoms with van der Waals surface area (Å²) in [5.41, 5.74) is 6.91. The van der Waals surface area contributed by atoms with Crippen LogP contribution in [0, 0.1) is 12.1 Å². The third-order valence-electron chi connectivity index (χ3n) is 9.10. The largest absolute Gasteiger partial charge is 2.00 e. The van der Waals surface area contributed by atoms with Gasteiger partial charge < -0.3 is 9.30 Å². The summed E-state index contributed by atoms with van der Waals surface area (Å²) < 4.78 is 13.1. The van der Waals surface area contributed by atoms with Gasteiger partial charge in [-0.15, -0.1) is 47.1 Å². The van der Waals surface area contributed by atoms with Crippen molar-refractivity contribution < 1.29 is 25.8 Å². The normalized spacial score (nSPS) is 11.4. The molecule has 5 nitrogen and oxygen atoms in total. The van der Waals surface area contributed by atoms with Crippen molar-refractivity contribution in [1.82, 2.24) is 19.3 Å². The van der Waals surface area contributed by atoms with Gasteiger partial charge in [-0.05, 0) is 40.9 Å². The van der Waals surface area contributed by atoms with Crippen molar-refractivity contribution in [2.45, 2.75) is 0 Å². The molecule has 4 heterocycles. The van der Waals surface area contributed by atoms with Gasteiger partial charge in [0, 0.05) is 55.2 Å². The predicted molar refractivity (Wildman–Crippen MR) is 204 cm³/mol. The van der Waals surface area contributed by atoms with E-state index in [4.69, 9.17) is 14.8 Å². The molecule has 0 fully saturated rings. The first-order chi connectivity index (χ1) is 24.8. The molecule has 0 atom stereocenters. The van der Waals surface area contributed by atoms with Crippen LogP contribution in [0.15, 0.2) is 158 Å². The van der Waals surface area contributed by atoms with E-state index in [2.05, 4.69) is 89.6 Å². The number of pyridine rings is 1. The minimum Gasteiger partial charge on any atom is -0.509 e. The summed E-state index contributed by atoms with van der Waals surface area (Å²) in [5, 5.41) is 9.75. The third-order valence-corrected chi connectivity index (χ3v) is 10.2. The molecule has 0 spiro atoms. The van der Waals surface area contributed by atoms with Gasteiger partial charge in [0.05, 0.1) is 5.52 Å². The molecule has 7 heteroatoms. The summed E-state index contributed by atoms with van der Waals surface area (Å²) in [5.74, 6) is 2.00. The molecule has 10 rings (SSSR count). The zero-order valence-corrected chi connectivity index (χ0v) is 30.0. The molecular weight excluding hydrogens is 828 g/mol. The molecule has 0 bridgehead atoms. The standard InChI is InChI=1S/C44H26N4OS.Pt/c1-3-12-29(13-4-1)37-28-47(46-43(37)30-14-5-2-6-15-30)31-16-11-17-32(26-31)49-33-21-22-34-35-23-24-40-42(36-18-7-8-19-39(36)50-40)44(35)48(38(34)27-33)41-20-9-10-25-45-41;/h1-25,28H;/q-2;+2. The van der Waals surface area contributed by atoms with Crippen LogP contribution in [0.1, 0.15) is 0 Å². The van der Waals surface area contributed by atoms with Crippen LogP contribution in [0.3, 0.4) is 0 Å². The van der Waals surface area contributed by atoms with Gasteiger partial charge in [0.15, 0.2) is 0 Å². The number of rotatable bonds is 6. The Morgan fingerprint density at radius 1 is 0.588 bits per heavy atom. The Labute approximate surface area is 312 Å². The molecule has 0 aliphatic carbocycles. The molecule has 0 saturated carbocycles. The molecule has 0 amide bonds. The summed E-state index contributed by atoms with van der Waals surface area (Å²) >= 11 is 1.81. The number of benzene rings is 6. The smallest absolute Gasteiger partial charge is 0.509 e. The minimum atomic E-state index is 0. The van der Waals surface area contributed by atoms with E-state index in [1.807, 2.05) is 101 Å². The maximum Gasteiger partial charge on any atom is 2.00 e.